The molecule has 0 radical (unpaired) electrons. The lowest BCUT2D eigenvalue weighted by atomic mass is 10.0. The van der Waals surface area contributed by atoms with E-state index >= 15 is 0 Å². The first-order valence-corrected chi connectivity index (χ1v) is 32.1. The first-order valence-electron chi connectivity index (χ1n) is 32.1. The summed E-state index contributed by atoms with van der Waals surface area (Å²) < 4.78 is 16.9. The Morgan fingerprint density at radius 3 is 0.808 bits per heavy atom. The number of hydrogen-bond donors (Lipinski definition) is 0. The molecule has 0 saturated carbocycles. The molecule has 1 atom stereocenters. The summed E-state index contributed by atoms with van der Waals surface area (Å²) in [7, 11) is 0. The molecule has 0 bridgehead atoms. The largest absolute Gasteiger partial charge is 0.462 e. The Morgan fingerprint density at radius 1 is 0.274 bits per heavy atom. The van der Waals surface area contributed by atoms with Crippen LogP contribution in [0.15, 0.2) is 48.6 Å². The van der Waals surface area contributed by atoms with Crippen molar-refractivity contribution in [1.29, 1.82) is 0 Å². The minimum absolute atomic E-state index is 0.0776. The summed E-state index contributed by atoms with van der Waals surface area (Å²) in [6.07, 6.45) is 76.9. The van der Waals surface area contributed by atoms with Crippen molar-refractivity contribution in [3.63, 3.8) is 0 Å². The van der Waals surface area contributed by atoms with Crippen LogP contribution in [0.5, 0.6) is 0 Å². The molecule has 0 aliphatic heterocycles. The number of carbonyl (C=O) groups excluding carboxylic acids is 3. The smallest absolute Gasteiger partial charge is 0.306 e. The van der Waals surface area contributed by atoms with Gasteiger partial charge in [0.05, 0.1) is 0 Å². The predicted octanol–water partition coefficient (Wildman–Crippen LogP) is 21.8. The maximum atomic E-state index is 12.9. The van der Waals surface area contributed by atoms with E-state index in [1.165, 1.54) is 212 Å². The van der Waals surface area contributed by atoms with Gasteiger partial charge in [0, 0.05) is 19.3 Å². The van der Waals surface area contributed by atoms with E-state index in [-0.39, 0.29) is 31.1 Å². The van der Waals surface area contributed by atoms with Crippen molar-refractivity contribution in [3.05, 3.63) is 48.6 Å². The molecule has 426 valence electrons. The lowest BCUT2D eigenvalue weighted by Gasteiger charge is -2.18. The Bertz CT molecular complexity index is 1270. The molecule has 0 spiro atoms. The number of esters is 3. The molecule has 0 fully saturated rings. The molecule has 0 aliphatic rings. The zero-order chi connectivity index (χ0) is 52.9. The summed E-state index contributed by atoms with van der Waals surface area (Å²) in [6.45, 7) is 6.62. The molecular formula is C67H122O6. The molecule has 0 N–H and O–H groups in total. The van der Waals surface area contributed by atoms with Crippen molar-refractivity contribution < 1.29 is 28.6 Å². The molecule has 0 aliphatic carbocycles. The summed E-state index contributed by atoms with van der Waals surface area (Å²) in [4.78, 5) is 38.3. The topological polar surface area (TPSA) is 78.9 Å². The highest BCUT2D eigenvalue weighted by Crippen LogP contribution is 2.17. The van der Waals surface area contributed by atoms with Crippen molar-refractivity contribution in [2.45, 2.75) is 348 Å². The van der Waals surface area contributed by atoms with E-state index in [4.69, 9.17) is 14.2 Å². The summed E-state index contributed by atoms with van der Waals surface area (Å²) >= 11 is 0. The van der Waals surface area contributed by atoms with Crippen LogP contribution in [0.4, 0.5) is 0 Å². The van der Waals surface area contributed by atoms with Crippen LogP contribution in [0.25, 0.3) is 0 Å². The number of allylic oxidation sites excluding steroid dienone is 8. The molecule has 1 unspecified atom stereocenters. The van der Waals surface area contributed by atoms with E-state index in [1.807, 2.05) is 0 Å². The van der Waals surface area contributed by atoms with Gasteiger partial charge in [-0.05, 0) is 77.0 Å². The van der Waals surface area contributed by atoms with Crippen molar-refractivity contribution in [3.8, 4) is 0 Å². The molecule has 73 heavy (non-hydrogen) atoms. The highest BCUT2D eigenvalue weighted by molar-refractivity contribution is 5.71. The Labute approximate surface area is 454 Å². The molecule has 0 heterocycles. The first kappa shape index (κ1) is 70.4. The van der Waals surface area contributed by atoms with Crippen LogP contribution in [0, 0.1) is 0 Å². The monoisotopic (exact) mass is 1020 g/mol. The Balaban J connectivity index is 4.30. The standard InChI is InChI=1S/C67H122O6/c1-4-7-10-13-16-19-22-25-28-30-32-33-34-35-36-38-39-42-45-48-51-54-57-60-66(69)72-63-64(62-71-65(68)59-56-53-50-47-44-41-27-24-21-18-15-12-9-6-3)73-67(70)61-58-55-52-49-46-43-40-37-31-29-26-23-20-17-14-11-8-5-2/h15,18,20,23-24,27,29,31,64H,4-14,16-17,19,21-22,25-26,28,30,32-63H2,1-3H3/b18-15-,23-20-,27-24-,31-29-. The highest BCUT2D eigenvalue weighted by Gasteiger charge is 2.19. The molecule has 0 aromatic heterocycles. The van der Waals surface area contributed by atoms with Gasteiger partial charge in [0.1, 0.15) is 13.2 Å². The van der Waals surface area contributed by atoms with Gasteiger partial charge in [-0.3, -0.25) is 14.4 Å². The van der Waals surface area contributed by atoms with Crippen molar-refractivity contribution in [2.24, 2.45) is 0 Å². The first-order chi connectivity index (χ1) is 36.0. The van der Waals surface area contributed by atoms with Gasteiger partial charge in [0.15, 0.2) is 6.10 Å². The third-order valence-electron chi connectivity index (χ3n) is 14.3. The van der Waals surface area contributed by atoms with E-state index in [0.717, 1.165) is 89.9 Å². The van der Waals surface area contributed by atoms with E-state index in [9.17, 15) is 14.4 Å². The zero-order valence-corrected chi connectivity index (χ0v) is 48.9. The number of ether oxygens (including phenoxy) is 3. The van der Waals surface area contributed by atoms with E-state index < -0.39 is 6.10 Å². The van der Waals surface area contributed by atoms with Gasteiger partial charge in [-0.2, -0.15) is 0 Å². The van der Waals surface area contributed by atoms with Crippen LogP contribution in [0.2, 0.25) is 0 Å². The molecular weight excluding hydrogens is 901 g/mol. The number of carbonyl (C=O) groups is 3. The number of unbranched alkanes of at least 4 members (excludes halogenated alkanes) is 40. The molecule has 0 aromatic carbocycles. The van der Waals surface area contributed by atoms with Crippen LogP contribution in [0.1, 0.15) is 342 Å². The summed E-state index contributed by atoms with van der Waals surface area (Å²) in [5.41, 5.74) is 0. The van der Waals surface area contributed by atoms with Crippen molar-refractivity contribution in [1.82, 2.24) is 0 Å². The van der Waals surface area contributed by atoms with Crippen LogP contribution in [-0.2, 0) is 28.6 Å². The minimum atomic E-state index is -0.782. The Kier molecular flexibility index (Phi) is 59.7. The van der Waals surface area contributed by atoms with Gasteiger partial charge >= 0.3 is 17.9 Å². The molecule has 6 heteroatoms. The molecule has 6 nitrogen and oxygen atoms in total. The second kappa shape index (κ2) is 61.9. The van der Waals surface area contributed by atoms with Crippen LogP contribution >= 0.6 is 0 Å². The summed E-state index contributed by atoms with van der Waals surface area (Å²) in [5, 5.41) is 0. The SMILES string of the molecule is CCCC/C=C\C/C=C\CCCCCCCC(=O)OCC(COC(=O)CCCCCCCCCCCCCCCCCCCCCCCCC)OC(=O)CCCCCCCCC/C=C\C/C=C\CCCCCC. The normalized spacial score (nSPS) is 12.3. The molecule has 0 amide bonds. The Hall–Kier alpha value is -2.63. The van der Waals surface area contributed by atoms with Gasteiger partial charge in [0.2, 0.25) is 0 Å². The van der Waals surface area contributed by atoms with Crippen LogP contribution in [-0.4, -0.2) is 37.2 Å². The van der Waals surface area contributed by atoms with Gasteiger partial charge in [-0.15, -0.1) is 0 Å². The Morgan fingerprint density at radius 2 is 0.507 bits per heavy atom. The minimum Gasteiger partial charge on any atom is -0.462 e. The van der Waals surface area contributed by atoms with Crippen LogP contribution < -0.4 is 0 Å². The van der Waals surface area contributed by atoms with Crippen molar-refractivity contribution >= 4 is 17.9 Å². The third kappa shape index (κ3) is 60.1. The van der Waals surface area contributed by atoms with E-state index in [2.05, 4.69) is 69.4 Å². The lowest BCUT2D eigenvalue weighted by Crippen LogP contribution is -2.30. The molecule has 0 aromatic rings. The van der Waals surface area contributed by atoms with E-state index in [1.54, 1.807) is 0 Å². The number of hydrogen-bond acceptors (Lipinski definition) is 6. The van der Waals surface area contributed by atoms with Crippen LogP contribution in [0.3, 0.4) is 0 Å². The number of rotatable bonds is 59. The fourth-order valence-corrected chi connectivity index (χ4v) is 9.43. The maximum absolute atomic E-state index is 12.9. The van der Waals surface area contributed by atoms with Gasteiger partial charge in [0.25, 0.3) is 0 Å². The van der Waals surface area contributed by atoms with Crippen molar-refractivity contribution in [2.75, 3.05) is 13.2 Å². The third-order valence-corrected chi connectivity index (χ3v) is 14.3. The second-order valence-corrected chi connectivity index (χ2v) is 21.7. The predicted molar refractivity (Wildman–Crippen MR) is 316 cm³/mol. The zero-order valence-electron chi connectivity index (χ0n) is 48.9. The van der Waals surface area contributed by atoms with E-state index in [0.29, 0.717) is 19.3 Å². The highest BCUT2D eigenvalue weighted by atomic mass is 16.6. The second-order valence-electron chi connectivity index (χ2n) is 21.7. The average molecular weight is 1020 g/mol. The maximum Gasteiger partial charge on any atom is 0.306 e. The quantitative estimate of drug-likeness (QED) is 0.0261. The van der Waals surface area contributed by atoms with Gasteiger partial charge in [-0.25, -0.2) is 0 Å². The lowest BCUT2D eigenvalue weighted by molar-refractivity contribution is -0.167. The average Bonchev–Trinajstić information content (AvgIpc) is 3.39. The van der Waals surface area contributed by atoms with Gasteiger partial charge < -0.3 is 14.2 Å². The summed E-state index contributed by atoms with van der Waals surface area (Å²) in [6, 6.07) is 0. The summed E-state index contributed by atoms with van der Waals surface area (Å²) in [5.74, 6) is -0.880. The fourth-order valence-electron chi connectivity index (χ4n) is 9.43. The molecule has 0 rings (SSSR count). The molecule has 0 saturated heterocycles. The fraction of sp³-hybridized carbons (Fsp3) is 0.836. The van der Waals surface area contributed by atoms with Gasteiger partial charge in [-0.1, -0.05) is 294 Å².